The molecule has 0 saturated carbocycles. The molecular formula is C15H24Cl2FN3O3. The van der Waals surface area contributed by atoms with E-state index >= 15 is 0 Å². The van der Waals surface area contributed by atoms with Crippen LogP contribution in [0, 0.1) is 21.3 Å². The molecule has 0 aromatic heterocycles. The summed E-state index contributed by atoms with van der Waals surface area (Å²) in [6, 6.07) is 1.75. The van der Waals surface area contributed by atoms with Gasteiger partial charge in [-0.2, -0.15) is 0 Å². The third-order valence-corrected chi connectivity index (χ3v) is 3.92. The molecule has 0 bridgehead atoms. The number of benzene rings is 1. The molecule has 0 spiro atoms. The lowest BCUT2D eigenvalue weighted by molar-refractivity contribution is -0.385. The van der Waals surface area contributed by atoms with Crippen molar-refractivity contribution in [2.24, 2.45) is 5.41 Å². The Balaban J connectivity index is 0.00000264. The molecule has 0 amide bonds. The van der Waals surface area contributed by atoms with E-state index in [4.69, 9.17) is 0 Å². The van der Waals surface area contributed by atoms with E-state index in [-0.39, 0.29) is 47.5 Å². The number of halogens is 3. The first-order valence-electron chi connectivity index (χ1n) is 7.33. The van der Waals surface area contributed by atoms with Crippen molar-refractivity contribution >= 4 is 30.5 Å². The standard InChI is InChI=1S/C15H22FN3O3.2ClH/c1-15(2,3)14(18-6-4-17-5-7-18)11-8-10(19(21)22)9-12(16)13(11)20;;/h8-9,14,17,20H,4-7H2,1-3H3;2*1H/t14-;;/m1../s1. The summed E-state index contributed by atoms with van der Waals surface area (Å²) in [6.07, 6.45) is 0. The minimum Gasteiger partial charge on any atom is -0.505 e. The normalized spacial score (nSPS) is 16.7. The van der Waals surface area contributed by atoms with Crippen LogP contribution in [-0.4, -0.2) is 41.1 Å². The van der Waals surface area contributed by atoms with E-state index in [2.05, 4.69) is 10.2 Å². The van der Waals surface area contributed by atoms with Crippen molar-refractivity contribution in [1.29, 1.82) is 0 Å². The van der Waals surface area contributed by atoms with E-state index in [1.807, 2.05) is 20.8 Å². The van der Waals surface area contributed by atoms with E-state index in [1.165, 1.54) is 6.07 Å². The maximum atomic E-state index is 13.9. The number of hydrogen-bond donors (Lipinski definition) is 2. The van der Waals surface area contributed by atoms with E-state index in [1.54, 1.807) is 0 Å². The lowest BCUT2D eigenvalue weighted by Gasteiger charge is -2.42. The Labute approximate surface area is 153 Å². The van der Waals surface area contributed by atoms with Gasteiger partial charge in [0.15, 0.2) is 11.6 Å². The summed E-state index contributed by atoms with van der Waals surface area (Å²) in [7, 11) is 0. The number of hydrogen-bond acceptors (Lipinski definition) is 5. The summed E-state index contributed by atoms with van der Waals surface area (Å²) in [6.45, 7) is 9.02. The van der Waals surface area contributed by atoms with E-state index in [0.29, 0.717) is 0 Å². The van der Waals surface area contributed by atoms with Gasteiger partial charge in [0.25, 0.3) is 5.69 Å². The van der Waals surface area contributed by atoms with Crippen LogP contribution in [0.3, 0.4) is 0 Å². The van der Waals surface area contributed by atoms with Gasteiger partial charge in [-0.15, -0.1) is 24.8 Å². The van der Waals surface area contributed by atoms with Crippen LogP contribution in [-0.2, 0) is 0 Å². The topological polar surface area (TPSA) is 78.6 Å². The molecule has 0 unspecified atom stereocenters. The van der Waals surface area contributed by atoms with Gasteiger partial charge in [-0.1, -0.05) is 20.8 Å². The molecule has 2 N–H and O–H groups in total. The fourth-order valence-electron chi connectivity index (χ4n) is 3.07. The Bertz CT molecular complexity index is 576. The van der Waals surface area contributed by atoms with Gasteiger partial charge in [0.05, 0.1) is 11.0 Å². The van der Waals surface area contributed by atoms with E-state index in [0.717, 1.165) is 32.2 Å². The second kappa shape index (κ2) is 8.80. The summed E-state index contributed by atoms with van der Waals surface area (Å²) in [4.78, 5) is 12.5. The number of rotatable bonds is 3. The van der Waals surface area contributed by atoms with Crippen molar-refractivity contribution < 1.29 is 14.4 Å². The van der Waals surface area contributed by atoms with Gasteiger partial charge in [-0.25, -0.2) is 4.39 Å². The summed E-state index contributed by atoms with van der Waals surface area (Å²) in [5, 5.41) is 24.4. The Hall–Kier alpha value is -1.15. The first-order valence-corrected chi connectivity index (χ1v) is 7.33. The SMILES string of the molecule is CC(C)(C)[C@@H](c1cc([N+](=O)[O-])cc(F)c1O)N1CCNCC1.Cl.Cl. The van der Waals surface area contributed by atoms with E-state index < -0.39 is 16.5 Å². The molecule has 6 nitrogen and oxygen atoms in total. The highest BCUT2D eigenvalue weighted by molar-refractivity contribution is 5.85. The van der Waals surface area contributed by atoms with Crippen LogP contribution < -0.4 is 5.32 Å². The Morgan fingerprint density at radius 1 is 1.29 bits per heavy atom. The van der Waals surface area contributed by atoms with Crippen molar-refractivity contribution in [2.75, 3.05) is 26.2 Å². The molecule has 1 aromatic carbocycles. The fourth-order valence-corrected chi connectivity index (χ4v) is 3.07. The summed E-state index contributed by atoms with van der Waals surface area (Å²) in [5.41, 5.74) is -0.369. The fraction of sp³-hybridized carbons (Fsp3) is 0.600. The minimum atomic E-state index is -0.950. The molecule has 1 atom stereocenters. The van der Waals surface area contributed by atoms with Crippen molar-refractivity contribution in [3.63, 3.8) is 0 Å². The van der Waals surface area contributed by atoms with Gasteiger partial charge >= 0.3 is 0 Å². The molecule has 1 aromatic rings. The number of phenolic OH excluding ortho intramolecular Hbond substituents is 1. The highest BCUT2D eigenvalue weighted by atomic mass is 35.5. The molecule has 1 fully saturated rings. The molecule has 1 heterocycles. The van der Waals surface area contributed by atoms with Gasteiger partial charge in [0.1, 0.15) is 0 Å². The molecule has 138 valence electrons. The van der Waals surface area contributed by atoms with Crippen LogP contribution in [0.25, 0.3) is 0 Å². The van der Waals surface area contributed by atoms with Crippen LogP contribution in [0.5, 0.6) is 5.75 Å². The smallest absolute Gasteiger partial charge is 0.272 e. The lowest BCUT2D eigenvalue weighted by Crippen LogP contribution is -2.48. The Kier molecular flexibility index (Phi) is 8.38. The third kappa shape index (κ3) is 4.92. The number of non-ortho nitro benzene ring substituents is 1. The molecule has 0 radical (unpaired) electrons. The highest BCUT2D eigenvalue weighted by Crippen LogP contribution is 2.43. The number of phenols is 1. The number of nitro groups is 1. The van der Waals surface area contributed by atoms with Crippen LogP contribution in [0.4, 0.5) is 10.1 Å². The monoisotopic (exact) mass is 383 g/mol. The van der Waals surface area contributed by atoms with Crippen LogP contribution in [0.2, 0.25) is 0 Å². The van der Waals surface area contributed by atoms with Gasteiger partial charge in [0, 0.05) is 43.9 Å². The molecule has 1 aliphatic heterocycles. The average molecular weight is 384 g/mol. The second-order valence-corrected chi connectivity index (χ2v) is 6.68. The Morgan fingerprint density at radius 2 is 1.83 bits per heavy atom. The number of piperazine rings is 1. The number of nitrogens with zero attached hydrogens (tertiary/aromatic N) is 2. The average Bonchev–Trinajstić information content (AvgIpc) is 2.43. The molecule has 1 aliphatic rings. The second-order valence-electron chi connectivity index (χ2n) is 6.68. The quantitative estimate of drug-likeness (QED) is 0.618. The first-order chi connectivity index (χ1) is 10.2. The maximum Gasteiger partial charge on any atom is 0.272 e. The minimum absolute atomic E-state index is 0. The van der Waals surface area contributed by atoms with Crippen molar-refractivity contribution in [3.05, 3.63) is 33.6 Å². The number of nitro benzene ring substituents is 1. The van der Waals surface area contributed by atoms with Gasteiger partial charge in [0.2, 0.25) is 0 Å². The zero-order valence-electron chi connectivity index (χ0n) is 13.9. The molecule has 1 saturated heterocycles. The van der Waals surface area contributed by atoms with Crippen molar-refractivity contribution in [3.8, 4) is 5.75 Å². The van der Waals surface area contributed by atoms with E-state index in [9.17, 15) is 19.6 Å². The molecular weight excluding hydrogens is 360 g/mol. The predicted molar refractivity (Wildman–Crippen MR) is 95.9 cm³/mol. The van der Waals surface area contributed by atoms with Crippen LogP contribution >= 0.6 is 24.8 Å². The summed E-state index contributed by atoms with van der Waals surface area (Å²) in [5.74, 6) is -1.45. The van der Waals surface area contributed by atoms with Gasteiger partial charge in [-0.05, 0) is 5.41 Å². The Morgan fingerprint density at radius 3 is 2.29 bits per heavy atom. The van der Waals surface area contributed by atoms with Crippen LogP contribution in [0.15, 0.2) is 12.1 Å². The van der Waals surface area contributed by atoms with Crippen molar-refractivity contribution in [2.45, 2.75) is 26.8 Å². The molecule has 24 heavy (non-hydrogen) atoms. The van der Waals surface area contributed by atoms with Crippen LogP contribution in [0.1, 0.15) is 32.4 Å². The molecule has 2 rings (SSSR count). The number of nitrogens with one attached hydrogen (secondary N) is 1. The van der Waals surface area contributed by atoms with Gasteiger partial charge in [-0.3, -0.25) is 15.0 Å². The van der Waals surface area contributed by atoms with Crippen molar-refractivity contribution in [1.82, 2.24) is 10.2 Å². The third-order valence-electron chi connectivity index (χ3n) is 3.92. The number of aromatic hydroxyl groups is 1. The molecule has 9 heteroatoms. The summed E-state index contributed by atoms with van der Waals surface area (Å²) >= 11 is 0. The lowest BCUT2D eigenvalue weighted by atomic mass is 9.80. The first kappa shape index (κ1) is 22.9. The largest absolute Gasteiger partial charge is 0.505 e. The summed E-state index contributed by atoms with van der Waals surface area (Å²) < 4.78 is 13.9. The maximum absolute atomic E-state index is 13.9. The van der Waals surface area contributed by atoms with Gasteiger partial charge < -0.3 is 10.4 Å². The zero-order valence-corrected chi connectivity index (χ0v) is 15.5. The predicted octanol–water partition coefficient (Wildman–Crippen LogP) is 3.28. The molecule has 0 aliphatic carbocycles. The zero-order chi connectivity index (χ0) is 16.5. The highest BCUT2D eigenvalue weighted by Gasteiger charge is 2.36.